The van der Waals surface area contributed by atoms with Crippen LogP contribution in [0.5, 0.6) is 0 Å². The molecule has 0 atom stereocenters. The van der Waals surface area contributed by atoms with E-state index in [4.69, 9.17) is 0 Å². The maximum absolute atomic E-state index is 11.4. The third-order valence-electron chi connectivity index (χ3n) is 2.37. The lowest BCUT2D eigenvalue weighted by Crippen LogP contribution is -2.24. The fraction of sp³-hybridized carbons (Fsp3) is 0.538. The standard InChI is InChI=1S/C13H19NO/c1-2-3-4-7-10-14-13(15)11-12-8-5-6-9-12/h5-6,8H,2-4,7,10-11H2,1H3,(H,14,15). The number of carbonyl (C=O) groups is 1. The Kier molecular flexibility index (Phi) is 5.57. The molecule has 0 radical (unpaired) electrons. The molecule has 2 heteroatoms. The molecule has 82 valence electrons. The van der Waals surface area contributed by atoms with E-state index in [9.17, 15) is 4.79 Å². The van der Waals surface area contributed by atoms with Crippen LogP contribution in [0.3, 0.4) is 0 Å². The van der Waals surface area contributed by atoms with E-state index in [-0.39, 0.29) is 5.91 Å². The van der Waals surface area contributed by atoms with Crippen molar-refractivity contribution in [1.82, 2.24) is 5.32 Å². The molecule has 1 aliphatic rings. The summed E-state index contributed by atoms with van der Waals surface area (Å²) in [7, 11) is 0. The maximum atomic E-state index is 11.4. The van der Waals surface area contributed by atoms with Crippen LogP contribution >= 0.6 is 0 Å². The number of unbranched alkanes of at least 4 members (excludes halogenated alkanes) is 3. The third-order valence-corrected chi connectivity index (χ3v) is 2.37. The number of allylic oxidation sites excluding steroid dienone is 2. The number of hydrogen-bond acceptors (Lipinski definition) is 1. The van der Waals surface area contributed by atoms with Crippen molar-refractivity contribution in [1.29, 1.82) is 0 Å². The molecule has 0 heterocycles. The van der Waals surface area contributed by atoms with Gasteiger partial charge in [-0.2, -0.15) is 0 Å². The van der Waals surface area contributed by atoms with E-state index >= 15 is 0 Å². The van der Waals surface area contributed by atoms with Crippen molar-refractivity contribution in [2.24, 2.45) is 0 Å². The summed E-state index contributed by atoms with van der Waals surface area (Å²) in [6.07, 6.45) is 10.9. The Morgan fingerprint density at radius 3 is 2.93 bits per heavy atom. The molecule has 0 aromatic carbocycles. The molecule has 1 rings (SSSR count). The van der Waals surface area contributed by atoms with Gasteiger partial charge in [0, 0.05) is 12.1 Å². The van der Waals surface area contributed by atoms with Crippen LogP contribution in [0, 0.1) is 0 Å². The first kappa shape index (κ1) is 11.8. The Labute approximate surface area is 91.8 Å². The fourth-order valence-electron chi connectivity index (χ4n) is 1.49. The molecule has 15 heavy (non-hydrogen) atoms. The Bertz CT molecular complexity index is 296. The number of nitrogens with one attached hydrogen (secondary N) is 1. The van der Waals surface area contributed by atoms with E-state index in [2.05, 4.69) is 18.0 Å². The first-order chi connectivity index (χ1) is 7.33. The molecule has 0 bridgehead atoms. The molecule has 0 saturated carbocycles. The van der Waals surface area contributed by atoms with Gasteiger partial charge in [0.2, 0.25) is 5.91 Å². The van der Waals surface area contributed by atoms with E-state index in [0.717, 1.165) is 18.5 Å². The lowest BCUT2D eigenvalue weighted by molar-refractivity contribution is -0.120. The molecule has 0 fully saturated rings. The highest BCUT2D eigenvalue weighted by Crippen LogP contribution is 2.06. The van der Waals surface area contributed by atoms with Crippen molar-refractivity contribution in [2.75, 3.05) is 6.54 Å². The molecule has 1 N–H and O–H groups in total. The first-order valence-electron chi connectivity index (χ1n) is 5.72. The Balaban J connectivity index is 2.04. The van der Waals surface area contributed by atoms with Gasteiger partial charge in [-0.05, 0) is 12.5 Å². The highest BCUT2D eigenvalue weighted by Gasteiger charge is 2.03. The summed E-state index contributed by atoms with van der Waals surface area (Å²) < 4.78 is 0. The smallest absolute Gasteiger partial charge is 0.225 e. The third kappa shape index (κ3) is 5.24. The van der Waals surface area contributed by atoms with Gasteiger partial charge in [0.25, 0.3) is 0 Å². The number of rotatable bonds is 7. The Morgan fingerprint density at radius 1 is 1.40 bits per heavy atom. The van der Waals surface area contributed by atoms with Crippen LogP contribution in [-0.4, -0.2) is 12.5 Å². The molecule has 0 aromatic rings. The molecular formula is C13H19NO. The summed E-state index contributed by atoms with van der Waals surface area (Å²) in [6.45, 7) is 2.99. The molecule has 1 amide bonds. The molecule has 0 aromatic heterocycles. The van der Waals surface area contributed by atoms with Crippen LogP contribution < -0.4 is 5.32 Å². The van der Waals surface area contributed by atoms with Gasteiger partial charge in [0.15, 0.2) is 0 Å². The summed E-state index contributed by atoms with van der Waals surface area (Å²) >= 11 is 0. The van der Waals surface area contributed by atoms with Crippen molar-refractivity contribution in [3.05, 3.63) is 29.5 Å². The minimum atomic E-state index is 0.106. The van der Waals surface area contributed by atoms with Gasteiger partial charge in [-0.3, -0.25) is 4.79 Å². The minimum Gasteiger partial charge on any atom is -0.356 e. The van der Waals surface area contributed by atoms with Crippen LogP contribution in [0.1, 0.15) is 39.0 Å². The van der Waals surface area contributed by atoms with Gasteiger partial charge in [-0.1, -0.05) is 38.3 Å². The topological polar surface area (TPSA) is 29.1 Å². The minimum absolute atomic E-state index is 0.106. The molecular weight excluding hydrogens is 186 g/mol. The Morgan fingerprint density at radius 2 is 2.27 bits per heavy atom. The summed E-state index contributed by atoms with van der Waals surface area (Å²) in [6, 6.07) is 0. The monoisotopic (exact) mass is 205 g/mol. The molecule has 0 saturated heterocycles. The predicted molar refractivity (Wildman–Crippen MR) is 62.5 cm³/mol. The first-order valence-corrected chi connectivity index (χ1v) is 5.72. The van der Waals surface area contributed by atoms with Crippen molar-refractivity contribution >= 4 is 5.91 Å². The predicted octanol–water partition coefficient (Wildman–Crippen LogP) is 2.72. The molecule has 2 nitrogen and oxygen atoms in total. The fourth-order valence-corrected chi connectivity index (χ4v) is 1.49. The summed E-state index contributed by atoms with van der Waals surface area (Å²) in [5.74, 6) is 0.106. The average molecular weight is 205 g/mol. The zero-order valence-corrected chi connectivity index (χ0v) is 9.38. The van der Waals surface area contributed by atoms with Gasteiger partial charge < -0.3 is 5.32 Å². The summed E-state index contributed by atoms with van der Waals surface area (Å²) in [5.41, 5.74) is 3.99. The van der Waals surface area contributed by atoms with Crippen molar-refractivity contribution in [2.45, 2.75) is 39.0 Å². The molecule has 1 aliphatic carbocycles. The molecule has 0 unspecified atom stereocenters. The SMILES string of the molecule is CCCCCCNC(=O)CC1=C=CC=C1. The molecule has 0 aliphatic heterocycles. The van der Waals surface area contributed by atoms with E-state index in [1.54, 1.807) is 0 Å². The van der Waals surface area contributed by atoms with E-state index in [1.165, 1.54) is 19.3 Å². The van der Waals surface area contributed by atoms with Crippen molar-refractivity contribution < 1.29 is 4.79 Å². The quantitative estimate of drug-likeness (QED) is 0.502. The zero-order valence-electron chi connectivity index (χ0n) is 9.38. The van der Waals surface area contributed by atoms with Gasteiger partial charge >= 0.3 is 0 Å². The number of hydrogen-bond donors (Lipinski definition) is 1. The van der Waals surface area contributed by atoms with Gasteiger partial charge in [0.05, 0.1) is 6.42 Å². The van der Waals surface area contributed by atoms with Crippen molar-refractivity contribution in [3.8, 4) is 0 Å². The second-order valence-electron chi connectivity index (χ2n) is 3.78. The van der Waals surface area contributed by atoms with E-state index in [0.29, 0.717) is 6.42 Å². The van der Waals surface area contributed by atoms with Crippen LogP contribution in [0.25, 0.3) is 0 Å². The second kappa shape index (κ2) is 7.08. The van der Waals surface area contributed by atoms with Crippen LogP contribution in [0.4, 0.5) is 0 Å². The average Bonchev–Trinajstić information content (AvgIpc) is 2.70. The summed E-state index contributed by atoms with van der Waals surface area (Å²) in [5, 5.41) is 2.92. The normalized spacial score (nSPS) is 13.0. The maximum Gasteiger partial charge on any atom is 0.225 e. The molecule has 0 spiro atoms. The van der Waals surface area contributed by atoms with Gasteiger partial charge in [-0.15, -0.1) is 5.73 Å². The largest absolute Gasteiger partial charge is 0.356 e. The van der Waals surface area contributed by atoms with E-state index in [1.807, 2.05) is 18.2 Å². The van der Waals surface area contributed by atoms with Gasteiger partial charge in [-0.25, -0.2) is 0 Å². The Hall–Kier alpha value is -1.27. The van der Waals surface area contributed by atoms with Gasteiger partial charge in [0.1, 0.15) is 0 Å². The van der Waals surface area contributed by atoms with E-state index < -0.39 is 0 Å². The number of amides is 1. The van der Waals surface area contributed by atoms with Crippen LogP contribution in [-0.2, 0) is 4.79 Å². The lowest BCUT2D eigenvalue weighted by atomic mass is 10.2. The number of carbonyl (C=O) groups excluding carboxylic acids is 1. The van der Waals surface area contributed by atoms with Crippen molar-refractivity contribution in [3.63, 3.8) is 0 Å². The second-order valence-corrected chi connectivity index (χ2v) is 3.78. The lowest BCUT2D eigenvalue weighted by Gasteiger charge is -2.03. The summed E-state index contributed by atoms with van der Waals surface area (Å²) in [4.78, 5) is 11.4. The highest BCUT2D eigenvalue weighted by molar-refractivity contribution is 5.79. The van der Waals surface area contributed by atoms with Crippen LogP contribution in [0.15, 0.2) is 29.5 Å². The zero-order chi connectivity index (χ0) is 10.9. The van der Waals surface area contributed by atoms with Crippen LogP contribution in [0.2, 0.25) is 0 Å². The highest BCUT2D eigenvalue weighted by atomic mass is 16.1.